The normalized spacial score (nSPS) is 11.9. The lowest BCUT2D eigenvalue weighted by Gasteiger charge is -2.20. The summed E-state index contributed by atoms with van der Waals surface area (Å²) >= 11 is 0. The van der Waals surface area contributed by atoms with E-state index < -0.39 is 26.5 Å². The maximum absolute atomic E-state index is 11.7. The Kier molecular flexibility index (Phi) is 5.47. The molecular formula is C13H18ClNO5S. The van der Waals surface area contributed by atoms with Crippen LogP contribution in [0.1, 0.15) is 26.3 Å². The molecule has 6 nitrogen and oxygen atoms in total. The third kappa shape index (κ3) is 6.68. The van der Waals surface area contributed by atoms with Crippen LogP contribution in [0.25, 0.3) is 0 Å². The number of methoxy groups -OCH3 is 1. The van der Waals surface area contributed by atoms with Crippen LogP contribution in [0.3, 0.4) is 0 Å². The monoisotopic (exact) mass is 335 g/mol. The first-order chi connectivity index (χ1) is 9.50. The van der Waals surface area contributed by atoms with E-state index in [0.29, 0.717) is 17.0 Å². The summed E-state index contributed by atoms with van der Waals surface area (Å²) in [6.45, 7) is 5.23. The van der Waals surface area contributed by atoms with Crippen molar-refractivity contribution in [3.05, 3.63) is 23.8 Å². The van der Waals surface area contributed by atoms with Crippen molar-refractivity contribution in [1.82, 2.24) is 0 Å². The van der Waals surface area contributed by atoms with Crippen molar-refractivity contribution in [2.24, 2.45) is 0 Å². The summed E-state index contributed by atoms with van der Waals surface area (Å²) in [5.41, 5.74) is 0.111. The molecule has 1 amide bonds. The molecule has 0 fully saturated rings. The summed E-state index contributed by atoms with van der Waals surface area (Å²) in [5.74, 6) is -0.0318. The topological polar surface area (TPSA) is 81.7 Å². The molecule has 0 bridgehead atoms. The van der Waals surface area contributed by atoms with Gasteiger partial charge in [-0.25, -0.2) is 13.2 Å². The number of rotatable bonds is 4. The van der Waals surface area contributed by atoms with Crippen LogP contribution in [0.4, 0.5) is 10.5 Å². The fraction of sp³-hybridized carbons (Fsp3) is 0.462. The largest absolute Gasteiger partial charge is 0.496 e. The maximum Gasteiger partial charge on any atom is 0.412 e. The molecule has 0 spiro atoms. The Bertz CT molecular complexity index is 622. The van der Waals surface area contributed by atoms with E-state index in [0.717, 1.165) is 0 Å². The lowest BCUT2D eigenvalue weighted by molar-refractivity contribution is 0.0636. The number of anilines is 1. The summed E-state index contributed by atoms with van der Waals surface area (Å²) in [6, 6.07) is 4.60. The molecule has 1 aromatic carbocycles. The second kappa shape index (κ2) is 6.53. The number of hydrogen-bond donors (Lipinski definition) is 1. The van der Waals surface area contributed by atoms with E-state index in [2.05, 4.69) is 5.32 Å². The van der Waals surface area contributed by atoms with Crippen molar-refractivity contribution in [3.63, 3.8) is 0 Å². The van der Waals surface area contributed by atoms with E-state index in [1.54, 1.807) is 32.9 Å². The summed E-state index contributed by atoms with van der Waals surface area (Å²) in [6.07, 6.45) is -0.632. The Balaban J connectivity index is 2.95. The molecule has 0 unspecified atom stereocenters. The zero-order valence-electron chi connectivity index (χ0n) is 12.3. The van der Waals surface area contributed by atoms with Gasteiger partial charge in [-0.05, 0) is 39.0 Å². The van der Waals surface area contributed by atoms with E-state index in [9.17, 15) is 13.2 Å². The highest BCUT2D eigenvalue weighted by Crippen LogP contribution is 2.26. The highest BCUT2D eigenvalue weighted by atomic mass is 35.7. The first-order valence-electron chi connectivity index (χ1n) is 6.09. The number of amides is 1. The van der Waals surface area contributed by atoms with Crippen LogP contribution in [0.15, 0.2) is 18.2 Å². The molecule has 0 aromatic heterocycles. The van der Waals surface area contributed by atoms with Crippen molar-refractivity contribution < 1.29 is 22.7 Å². The smallest absolute Gasteiger partial charge is 0.412 e. The Morgan fingerprint density at radius 3 is 2.43 bits per heavy atom. The Labute approximate surface area is 128 Å². The van der Waals surface area contributed by atoms with Gasteiger partial charge in [-0.3, -0.25) is 5.32 Å². The number of ether oxygens (including phenoxy) is 2. The molecule has 0 radical (unpaired) electrons. The first kappa shape index (κ1) is 17.6. The number of carbonyl (C=O) groups is 1. The zero-order chi connectivity index (χ0) is 16.3. The number of nitrogens with one attached hydrogen (secondary N) is 1. The van der Waals surface area contributed by atoms with Gasteiger partial charge in [-0.15, -0.1) is 0 Å². The molecule has 0 saturated carbocycles. The number of carbonyl (C=O) groups excluding carboxylic acids is 1. The molecule has 0 heterocycles. The van der Waals surface area contributed by atoms with Crippen LogP contribution in [0.5, 0.6) is 5.75 Å². The van der Waals surface area contributed by atoms with Crippen LogP contribution in [-0.2, 0) is 19.5 Å². The lowest BCUT2D eigenvalue weighted by atomic mass is 10.2. The van der Waals surface area contributed by atoms with Gasteiger partial charge >= 0.3 is 6.09 Å². The van der Waals surface area contributed by atoms with Crippen LogP contribution in [-0.4, -0.2) is 27.2 Å². The molecule has 1 aromatic rings. The quantitative estimate of drug-likeness (QED) is 0.855. The second-order valence-corrected chi connectivity index (χ2v) is 8.11. The third-order valence-corrected chi connectivity index (χ3v) is 3.24. The SMILES string of the molecule is COc1ccc(NC(=O)OC(C)(C)C)cc1CS(=O)(=O)Cl. The fourth-order valence-corrected chi connectivity index (χ4v) is 2.53. The minimum absolute atomic E-state index is 0.348. The van der Waals surface area contributed by atoms with Gasteiger partial charge in [0, 0.05) is 21.9 Å². The molecule has 118 valence electrons. The fourth-order valence-electron chi connectivity index (χ4n) is 1.58. The minimum atomic E-state index is -3.74. The van der Waals surface area contributed by atoms with Crippen molar-refractivity contribution in [2.45, 2.75) is 32.1 Å². The van der Waals surface area contributed by atoms with Crippen molar-refractivity contribution >= 4 is 31.5 Å². The molecule has 1 N–H and O–H groups in total. The summed E-state index contributed by atoms with van der Waals surface area (Å²) < 4.78 is 32.6. The number of benzene rings is 1. The van der Waals surface area contributed by atoms with E-state index in [4.69, 9.17) is 20.2 Å². The third-order valence-electron chi connectivity index (χ3n) is 2.25. The van der Waals surface area contributed by atoms with Gasteiger partial charge in [-0.2, -0.15) is 0 Å². The van der Waals surface area contributed by atoms with Gasteiger partial charge in [0.05, 0.1) is 12.9 Å². The van der Waals surface area contributed by atoms with Crippen molar-refractivity contribution in [1.29, 1.82) is 0 Å². The highest BCUT2D eigenvalue weighted by Gasteiger charge is 2.17. The van der Waals surface area contributed by atoms with Gasteiger partial charge in [0.25, 0.3) is 0 Å². The van der Waals surface area contributed by atoms with Gasteiger partial charge in [-0.1, -0.05) is 0 Å². The lowest BCUT2D eigenvalue weighted by Crippen LogP contribution is -2.27. The molecule has 0 saturated heterocycles. The first-order valence-corrected chi connectivity index (χ1v) is 8.57. The summed E-state index contributed by atoms with van der Waals surface area (Å²) in [7, 11) is 2.93. The van der Waals surface area contributed by atoms with Gasteiger partial charge < -0.3 is 9.47 Å². The van der Waals surface area contributed by atoms with Crippen LogP contribution >= 0.6 is 10.7 Å². The predicted molar refractivity (Wildman–Crippen MR) is 81.3 cm³/mol. The van der Waals surface area contributed by atoms with Gasteiger partial charge in [0.1, 0.15) is 11.4 Å². The molecule has 1 rings (SSSR count). The molecule has 0 aliphatic carbocycles. The average molecular weight is 336 g/mol. The van der Waals surface area contributed by atoms with Crippen LogP contribution in [0, 0.1) is 0 Å². The van der Waals surface area contributed by atoms with Crippen molar-refractivity contribution in [2.75, 3.05) is 12.4 Å². The minimum Gasteiger partial charge on any atom is -0.496 e. The van der Waals surface area contributed by atoms with E-state index >= 15 is 0 Å². The molecular weight excluding hydrogens is 318 g/mol. The maximum atomic E-state index is 11.7. The number of halogens is 1. The second-order valence-electron chi connectivity index (χ2n) is 5.34. The van der Waals surface area contributed by atoms with E-state index in [-0.39, 0.29) is 0 Å². The van der Waals surface area contributed by atoms with Gasteiger partial charge in [0.2, 0.25) is 9.05 Å². The number of hydrogen-bond acceptors (Lipinski definition) is 5. The Morgan fingerprint density at radius 1 is 1.33 bits per heavy atom. The van der Waals surface area contributed by atoms with E-state index in [1.165, 1.54) is 13.2 Å². The van der Waals surface area contributed by atoms with Crippen LogP contribution < -0.4 is 10.1 Å². The summed E-state index contributed by atoms with van der Waals surface area (Å²) in [5, 5.41) is 2.52. The predicted octanol–water partition coefficient (Wildman–Crippen LogP) is 3.11. The van der Waals surface area contributed by atoms with E-state index in [1.807, 2.05) is 0 Å². The van der Waals surface area contributed by atoms with Gasteiger partial charge in [0.15, 0.2) is 0 Å². The molecule has 21 heavy (non-hydrogen) atoms. The average Bonchev–Trinajstić information content (AvgIpc) is 2.24. The molecule has 0 aliphatic rings. The molecule has 0 aliphatic heterocycles. The van der Waals surface area contributed by atoms with Crippen molar-refractivity contribution in [3.8, 4) is 5.75 Å². The van der Waals surface area contributed by atoms with Crippen LogP contribution in [0.2, 0.25) is 0 Å². The molecule has 0 atom stereocenters. The zero-order valence-corrected chi connectivity index (χ0v) is 13.8. The summed E-state index contributed by atoms with van der Waals surface area (Å²) in [4.78, 5) is 11.7. The Hall–Kier alpha value is -1.47. The highest BCUT2D eigenvalue weighted by molar-refractivity contribution is 8.13. The molecule has 8 heteroatoms. The Morgan fingerprint density at radius 2 is 1.95 bits per heavy atom. The standard InChI is InChI=1S/C13H18ClNO5S/c1-13(2,3)20-12(16)15-10-5-6-11(19-4)9(7-10)8-21(14,17)18/h5-7H,8H2,1-4H3,(H,15,16).